The molecule has 4 heteroatoms. The van der Waals surface area contributed by atoms with Crippen molar-refractivity contribution in [1.29, 1.82) is 0 Å². The number of phenolic OH excluding ortho intramolecular Hbond substituents is 2. The molecule has 0 amide bonds. The lowest BCUT2D eigenvalue weighted by atomic mass is 10.1. The third-order valence-electron chi connectivity index (χ3n) is 3.86. The lowest BCUT2D eigenvalue weighted by Crippen LogP contribution is -1.85. The minimum atomic E-state index is 0.174. The molecule has 0 radical (unpaired) electrons. The van der Waals surface area contributed by atoms with E-state index in [1.165, 1.54) is 0 Å². The molecular formula is C20H18N2O2. The van der Waals surface area contributed by atoms with Gasteiger partial charge in [0.15, 0.2) is 0 Å². The van der Waals surface area contributed by atoms with Crippen LogP contribution in [0.5, 0.6) is 11.5 Å². The van der Waals surface area contributed by atoms with Crippen molar-refractivity contribution in [2.45, 2.75) is 0 Å². The number of aromatic hydroxyl groups is 2. The summed E-state index contributed by atoms with van der Waals surface area (Å²) in [4.78, 5) is 0. The maximum atomic E-state index is 9.53. The minimum absolute atomic E-state index is 0.174. The number of nitrogen functional groups attached to an aromatic ring is 2. The van der Waals surface area contributed by atoms with E-state index in [2.05, 4.69) is 0 Å². The highest BCUT2D eigenvalue weighted by molar-refractivity contribution is 5.93. The molecule has 4 nitrogen and oxygen atoms in total. The van der Waals surface area contributed by atoms with E-state index in [0.717, 1.165) is 21.5 Å². The Balaban J connectivity index is 0.000000141. The van der Waals surface area contributed by atoms with Crippen LogP contribution in [0.25, 0.3) is 21.5 Å². The van der Waals surface area contributed by atoms with E-state index in [1.54, 1.807) is 12.1 Å². The van der Waals surface area contributed by atoms with Gasteiger partial charge >= 0.3 is 0 Å². The molecule has 0 bridgehead atoms. The van der Waals surface area contributed by atoms with Crippen LogP contribution in [-0.2, 0) is 0 Å². The predicted molar refractivity (Wildman–Crippen MR) is 100 cm³/mol. The lowest BCUT2D eigenvalue weighted by Gasteiger charge is -2.02. The summed E-state index contributed by atoms with van der Waals surface area (Å²) in [5, 5.41) is 22.7. The van der Waals surface area contributed by atoms with E-state index in [0.29, 0.717) is 11.4 Å². The van der Waals surface area contributed by atoms with Crippen molar-refractivity contribution in [2.75, 3.05) is 11.5 Å². The van der Waals surface area contributed by atoms with Gasteiger partial charge in [0.2, 0.25) is 0 Å². The molecule has 0 aliphatic rings. The zero-order valence-electron chi connectivity index (χ0n) is 13.0. The number of hydrogen-bond donors (Lipinski definition) is 4. The van der Waals surface area contributed by atoms with Crippen LogP contribution < -0.4 is 11.5 Å². The predicted octanol–water partition coefficient (Wildman–Crippen LogP) is 4.26. The van der Waals surface area contributed by atoms with E-state index in [9.17, 15) is 10.2 Å². The molecule has 120 valence electrons. The normalized spacial score (nSPS) is 10.3. The van der Waals surface area contributed by atoms with Crippen LogP contribution in [0.4, 0.5) is 11.4 Å². The Labute approximate surface area is 139 Å². The number of anilines is 2. The molecule has 0 aliphatic carbocycles. The van der Waals surface area contributed by atoms with Crippen molar-refractivity contribution in [1.82, 2.24) is 0 Å². The number of nitrogens with two attached hydrogens (primary N) is 2. The monoisotopic (exact) mass is 318 g/mol. The second-order valence-corrected chi connectivity index (χ2v) is 5.45. The molecule has 0 saturated heterocycles. The average Bonchev–Trinajstić information content (AvgIpc) is 2.62. The minimum Gasteiger partial charge on any atom is -0.505 e. The van der Waals surface area contributed by atoms with Crippen molar-refractivity contribution < 1.29 is 10.2 Å². The number of fused-ring (bicyclic) bond motifs is 2. The molecule has 4 aromatic rings. The van der Waals surface area contributed by atoms with E-state index < -0.39 is 0 Å². The first-order chi connectivity index (χ1) is 11.6. The SMILES string of the molecule is Nc1ccc2ccccc2c1O.Nc1ccc2ccccc2c1O. The van der Waals surface area contributed by atoms with Gasteiger partial charge in [-0.2, -0.15) is 0 Å². The third-order valence-corrected chi connectivity index (χ3v) is 3.86. The molecule has 0 saturated carbocycles. The molecule has 0 aliphatic heterocycles. The first-order valence-corrected chi connectivity index (χ1v) is 7.50. The quantitative estimate of drug-likeness (QED) is 0.288. The van der Waals surface area contributed by atoms with Gasteiger partial charge in [-0.05, 0) is 22.9 Å². The number of rotatable bonds is 0. The Morgan fingerprint density at radius 3 is 1.29 bits per heavy atom. The van der Waals surface area contributed by atoms with Crippen LogP contribution in [0.15, 0.2) is 72.8 Å². The molecule has 4 rings (SSSR count). The summed E-state index contributed by atoms with van der Waals surface area (Å²) in [5.74, 6) is 0.348. The topological polar surface area (TPSA) is 92.5 Å². The van der Waals surface area contributed by atoms with Gasteiger partial charge in [0.1, 0.15) is 11.5 Å². The molecule has 0 fully saturated rings. The Morgan fingerprint density at radius 1 is 0.500 bits per heavy atom. The summed E-state index contributed by atoms with van der Waals surface area (Å²) in [5.41, 5.74) is 11.9. The zero-order chi connectivity index (χ0) is 17.1. The summed E-state index contributed by atoms with van der Waals surface area (Å²) in [6.45, 7) is 0. The van der Waals surface area contributed by atoms with Gasteiger partial charge in [-0.3, -0.25) is 0 Å². The summed E-state index contributed by atoms with van der Waals surface area (Å²) >= 11 is 0. The largest absolute Gasteiger partial charge is 0.505 e. The number of hydrogen-bond acceptors (Lipinski definition) is 4. The summed E-state index contributed by atoms with van der Waals surface area (Å²) in [7, 11) is 0. The Kier molecular flexibility index (Phi) is 4.12. The van der Waals surface area contributed by atoms with Crippen LogP contribution in [0.2, 0.25) is 0 Å². The fourth-order valence-electron chi connectivity index (χ4n) is 2.54. The molecule has 24 heavy (non-hydrogen) atoms. The molecule has 0 atom stereocenters. The van der Waals surface area contributed by atoms with Gasteiger partial charge in [-0.15, -0.1) is 0 Å². The fourth-order valence-corrected chi connectivity index (χ4v) is 2.54. The smallest absolute Gasteiger partial charge is 0.146 e. The van der Waals surface area contributed by atoms with Crippen LogP contribution in [0, 0.1) is 0 Å². The van der Waals surface area contributed by atoms with Crippen molar-refractivity contribution >= 4 is 32.9 Å². The zero-order valence-corrected chi connectivity index (χ0v) is 13.0. The number of phenols is 2. The third kappa shape index (κ3) is 2.90. The van der Waals surface area contributed by atoms with Crippen molar-refractivity contribution in [2.24, 2.45) is 0 Å². The highest BCUT2D eigenvalue weighted by Crippen LogP contribution is 2.30. The summed E-state index contributed by atoms with van der Waals surface area (Å²) in [6, 6.07) is 22.4. The fraction of sp³-hybridized carbons (Fsp3) is 0. The van der Waals surface area contributed by atoms with Gasteiger partial charge in [0, 0.05) is 10.8 Å². The second-order valence-electron chi connectivity index (χ2n) is 5.45. The highest BCUT2D eigenvalue weighted by atomic mass is 16.3. The van der Waals surface area contributed by atoms with E-state index in [-0.39, 0.29) is 11.5 Å². The Morgan fingerprint density at radius 2 is 0.875 bits per heavy atom. The molecule has 6 N–H and O–H groups in total. The molecule has 0 spiro atoms. The highest BCUT2D eigenvalue weighted by Gasteiger charge is 2.01. The summed E-state index contributed by atoms with van der Waals surface area (Å²) < 4.78 is 0. The first kappa shape index (κ1) is 15.5. The maximum Gasteiger partial charge on any atom is 0.146 e. The van der Waals surface area contributed by atoms with Crippen molar-refractivity contribution in [3.63, 3.8) is 0 Å². The maximum absolute atomic E-state index is 9.53. The standard InChI is InChI=1S/2C10H9NO/c2*11-9-6-5-7-3-1-2-4-8(7)10(9)12/h2*1-6,12H,11H2. The lowest BCUT2D eigenvalue weighted by molar-refractivity contribution is 0.484. The second kappa shape index (κ2) is 6.38. The molecule has 0 heterocycles. The summed E-state index contributed by atoms with van der Waals surface area (Å²) in [6.07, 6.45) is 0. The van der Waals surface area contributed by atoms with E-state index >= 15 is 0 Å². The van der Waals surface area contributed by atoms with E-state index in [1.807, 2.05) is 60.7 Å². The average molecular weight is 318 g/mol. The van der Waals surface area contributed by atoms with Gasteiger partial charge in [0.05, 0.1) is 11.4 Å². The van der Waals surface area contributed by atoms with Crippen LogP contribution in [0.3, 0.4) is 0 Å². The van der Waals surface area contributed by atoms with Crippen molar-refractivity contribution in [3.8, 4) is 11.5 Å². The first-order valence-electron chi connectivity index (χ1n) is 7.50. The Hall–Kier alpha value is -3.40. The van der Waals surface area contributed by atoms with Crippen LogP contribution >= 0.6 is 0 Å². The van der Waals surface area contributed by atoms with Crippen molar-refractivity contribution in [3.05, 3.63) is 72.8 Å². The molecule has 0 unspecified atom stereocenters. The molecular weight excluding hydrogens is 300 g/mol. The molecule has 0 aromatic heterocycles. The molecule has 4 aromatic carbocycles. The van der Waals surface area contributed by atoms with Gasteiger partial charge in [-0.25, -0.2) is 0 Å². The Bertz CT molecular complexity index is 929. The van der Waals surface area contributed by atoms with Gasteiger partial charge in [0.25, 0.3) is 0 Å². The van der Waals surface area contributed by atoms with Gasteiger partial charge in [-0.1, -0.05) is 60.7 Å². The van der Waals surface area contributed by atoms with Crippen LogP contribution in [0.1, 0.15) is 0 Å². The van der Waals surface area contributed by atoms with Gasteiger partial charge < -0.3 is 21.7 Å². The van der Waals surface area contributed by atoms with E-state index in [4.69, 9.17) is 11.5 Å². The van der Waals surface area contributed by atoms with Crippen LogP contribution in [-0.4, -0.2) is 10.2 Å². The number of benzene rings is 4.